The average Bonchev–Trinajstić information content (AvgIpc) is 2.36. The van der Waals surface area contributed by atoms with Crippen molar-refractivity contribution in [3.8, 4) is 0 Å². The summed E-state index contributed by atoms with van der Waals surface area (Å²) < 4.78 is 9.06. The molecule has 0 saturated heterocycles. The molecule has 0 spiro atoms. The van der Waals surface area contributed by atoms with E-state index in [0.29, 0.717) is 5.69 Å². The fraction of sp³-hybridized carbons (Fsp3) is 0.231. The van der Waals surface area contributed by atoms with Gasteiger partial charge in [0, 0.05) is 5.69 Å². The van der Waals surface area contributed by atoms with Crippen molar-refractivity contribution in [3.63, 3.8) is 0 Å². The molecule has 1 aromatic rings. The monoisotopic (exact) mass is 249 g/mol. The Morgan fingerprint density at radius 3 is 2.50 bits per heavy atom. The van der Waals surface area contributed by atoms with Crippen molar-refractivity contribution >= 4 is 17.6 Å². The van der Waals surface area contributed by atoms with E-state index in [0.717, 1.165) is 11.6 Å². The summed E-state index contributed by atoms with van der Waals surface area (Å²) in [5, 5.41) is 2.82. The van der Waals surface area contributed by atoms with E-state index in [2.05, 4.69) is 14.8 Å². The van der Waals surface area contributed by atoms with Crippen LogP contribution in [0.1, 0.15) is 5.56 Å². The molecule has 0 aliphatic heterocycles. The second-order valence-electron chi connectivity index (χ2n) is 3.57. The van der Waals surface area contributed by atoms with Crippen LogP contribution in [0.25, 0.3) is 0 Å². The van der Waals surface area contributed by atoms with Gasteiger partial charge in [-0.05, 0) is 24.6 Å². The van der Waals surface area contributed by atoms with E-state index in [1.807, 2.05) is 25.1 Å². The van der Waals surface area contributed by atoms with Gasteiger partial charge in [0.25, 0.3) is 0 Å². The molecule has 5 nitrogen and oxygen atoms in total. The highest BCUT2D eigenvalue weighted by Gasteiger charge is 2.12. The van der Waals surface area contributed by atoms with Crippen molar-refractivity contribution in [3.05, 3.63) is 41.6 Å². The Hall–Kier alpha value is -2.30. The molecule has 96 valence electrons. The summed E-state index contributed by atoms with van der Waals surface area (Å²) in [6.45, 7) is 1.92. The van der Waals surface area contributed by atoms with Crippen LogP contribution in [0.4, 0.5) is 5.69 Å². The van der Waals surface area contributed by atoms with Gasteiger partial charge in [0.05, 0.1) is 20.3 Å². The second kappa shape index (κ2) is 6.44. The SMILES string of the molecule is COC(=O)/C=C(\Nc1cccc(C)c1)C(=O)OC. The molecule has 0 unspecified atom stereocenters. The summed E-state index contributed by atoms with van der Waals surface area (Å²) in [5.74, 6) is -1.27. The molecule has 0 amide bonds. The Morgan fingerprint density at radius 2 is 1.94 bits per heavy atom. The van der Waals surface area contributed by atoms with Crippen LogP contribution in [0, 0.1) is 6.92 Å². The molecule has 0 radical (unpaired) electrons. The lowest BCUT2D eigenvalue weighted by molar-refractivity contribution is -0.138. The molecule has 0 saturated carbocycles. The minimum Gasteiger partial charge on any atom is -0.466 e. The average molecular weight is 249 g/mol. The molecule has 0 fully saturated rings. The normalized spacial score (nSPS) is 10.7. The number of carbonyl (C=O) groups excluding carboxylic acids is 2. The maximum absolute atomic E-state index is 11.5. The third-order valence-corrected chi connectivity index (χ3v) is 2.17. The number of rotatable bonds is 4. The molecule has 0 aliphatic carbocycles. The summed E-state index contributed by atoms with van der Waals surface area (Å²) in [4.78, 5) is 22.6. The Bertz CT molecular complexity index is 480. The van der Waals surface area contributed by atoms with Crippen LogP contribution >= 0.6 is 0 Å². The second-order valence-corrected chi connectivity index (χ2v) is 3.57. The highest BCUT2D eigenvalue weighted by atomic mass is 16.5. The van der Waals surface area contributed by atoms with Gasteiger partial charge in [-0.3, -0.25) is 0 Å². The van der Waals surface area contributed by atoms with Crippen molar-refractivity contribution in [2.45, 2.75) is 6.92 Å². The Morgan fingerprint density at radius 1 is 1.22 bits per heavy atom. The molecule has 1 rings (SSSR count). The maximum Gasteiger partial charge on any atom is 0.354 e. The third-order valence-electron chi connectivity index (χ3n) is 2.17. The van der Waals surface area contributed by atoms with Gasteiger partial charge in [-0.2, -0.15) is 0 Å². The zero-order chi connectivity index (χ0) is 13.5. The number of ether oxygens (including phenoxy) is 2. The summed E-state index contributed by atoms with van der Waals surface area (Å²) in [6.07, 6.45) is 1.05. The van der Waals surface area contributed by atoms with E-state index >= 15 is 0 Å². The van der Waals surface area contributed by atoms with Crippen LogP contribution in [0.15, 0.2) is 36.0 Å². The van der Waals surface area contributed by atoms with Crippen molar-refractivity contribution in [2.75, 3.05) is 19.5 Å². The zero-order valence-electron chi connectivity index (χ0n) is 10.5. The largest absolute Gasteiger partial charge is 0.466 e. The Balaban J connectivity index is 2.95. The number of nitrogens with one attached hydrogen (secondary N) is 1. The summed E-state index contributed by atoms with van der Waals surface area (Å²) in [7, 11) is 2.48. The first-order valence-electron chi connectivity index (χ1n) is 5.28. The van der Waals surface area contributed by atoms with E-state index in [-0.39, 0.29) is 5.70 Å². The molecular weight excluding hydrogens is 234 g/mol. The summed E-state index contributed by atoms with van der Waals surface area (Å²) in [6, 6.07) is 7.38. The van der Waals surface area contributed by atoms with Crippen molar-refractivity contribution in [1.29, 1.82) is 0 Å². The third kappa shape index (κ3) is 3.93. The van der Waals surface area contributed by atoms with E-state index in [4.69, 9.17) is 0 Å². The van der Waals surface area contributed by atoms with E-state index in [1.165, 1.54) is 14.2 Å². The molecule has 1 N–H and O–H groups in total. The van der Waals surface area contributed by atoms with Gasteiger partial charge in [-0.25, -0.2) is 9.59 Å². The van der Waals surface area contributed by atoms with Crippen molar-refractivity contribution < 1.29 is 19.1 Å². The zero-order valence-corrected chi connectivity index (χ0v) is 10.5. The van der Waals surface area contributed by atoms with Crippen molar-refractivity contribution in [2.24, 2.45) is 0 Å². The molecule has 0 bridgehead atoms. The van der Waals surface area contributed by atoms with Gasteiger partial charge < -0.3 is 14.8 Å². The highest BCUT2D eigenvalue weighted by molar-refractivity contribution is 5.98. The number of benzene rings is 1. The van der Waals surface area contributed by atoms with Crippen LogP contribution in [0.3, 0.4) is 0 Å². The van der Waals surface area contributed by atoms with Crippen LogP contribution in [-0.4, -0.2) is 26.2 Å². The molecule has 0 heterocycles. The van der Waals surface area contributed by atoms with Gasteiger partial charge in [0.15, 0.2) is 0 Å². The van der Waals surface area contributed by atoms with Gasteiger partial charge in [0.2, 0.25) is 0 Å². The fourth-order valence-corrected chi connectivity index (χ4v) is 1.31. The number of esters is 2. The molecule has 1 aromatic carbocycles. The molecule has 0 aliphatic rings. The minimum atomic E-state index is -0.637. The van der Waals surface area contributed by atoms with Crippen LogP contribution in [-0.2, 0) is 19.1 Å². The standard InChI is InChI=1S/C13H15NO4/c1-9-5-4-6-10(7-9)14-11(13(16)18-3)8-12(15)17-2/h4-8,14H,1-3H3/b11-8-. The Kier molecular flexibility index (Phi) is 4.92. The molecule has 0 aromatic heterocycles. The fourth-order valence-electron chi connectivity index (χ4n) is 1.31. The Labute approximate surface area is 105 Å². The molecule has 5 heteroatoms. The predicted molar refractivity (Wildman–Crippen MR) is 66.9 cm³/mol. The lowest BCUT2D eigenvalue weighted by Crippen LogP contribution is -2.15. The predicted octanol–water partition coefficient (Wildman–Crippen LogP) is 1.64. The summed E-state index contributed by atoms with van der Waals surface area (Å²) in [5.41, 5.74) is 1.74. The lowest BCUT2D eigenvalue weighted by atomic mass is 10.2. The van der Waals surface area contributed by atoms with Crippen molar-refractivity contribution in [1.82, 2.24) is 0 Å². The quantitative estimate of drug-likeness (QED) is 0.649. The van der Waals surface area contributed by atoms with Gasteiger partial charge >= 0.3 is 11.9 Å². The van der Waals surface area contributed by atoms with E-state index in [1.54, 1.807) is 6.07 Å². The molecule has 0 atom stereocenters. The number of anilines is 1. The topological polar surface area (TPSA) is 64.6 Å². The maximum atomic E-state index is 11.5. The van der Waals surface area contributed by atoms with Gasteiger partial charge in [0.1, 0.15) is 5.70 Å². The number of carbonyl (C=O) groups is 2. The number of methoxy groups -OCH3 is 2. The number of aryl methyl sites for hydroxylation is 1. The van der Waals surface area contributed by atoms with Crippen LogP contribution in [0.5, 0.6) is 0 Å². The smallest absolute Gasteiger partial charge is 0.354 e. The first-order chi connectivity index (χ1) is 8.56. The minimum absolute atomic E-state index is 0.0231. The molecular formula is C13H15NO4. The highest BCUT2D eigenvalue weighted by Crippen LogP contribution is 2.13. The van der Waals surface area contributed by atoms with Crippen LogP contribution in [0.2, 0.25) is 0 Å². The summed E-state index contributed by atoms with van der Waals surface area (Å²) >= 11 is 0. The van der Waals surface area contributed by atoms with Crippen LogP contribution < -0.4 is 5.32 Å². The van der Waals surface area contributed by atoms with Gasteiger partial charge in [-0.15, -0.1) is 0 Å². The first-order valence-corrected chi connectivity index (χ1v) is 5.28. The van der Waals surface area contributed by atoms with E-state index < -0.39 is 11.9 Å². The number of hydrogen-bond acceptors (Lipinski definition) is 5. The first kappa shape index (κ1) is 13.8. The number of hydrogen-bond donors (Lipinski definition) is 1. The lowest BCUT2D eigenvalue weighted by Gasteiger charge is -2.09. The van der Waals surface area contributed by atoms with E-state index in [9.17, 15) is 9.59 Å². The van der Waals surface area contributed by atoms with Gasteiger partial charge in [-0.1, -0.05) is 12.1 Å². The molecule has 18 heavy (non-hydrogen) atoms.